The summed E-state index contributed by atoms with van der Waals surface area (Å²) in [5.74, 6) is 0.737. The highest BCUT2D eigenvalue weighted by Gasteiger charge is 2.37. The Labute approximate surface area is 97.8 Å². The molecule has 0 spiro atoms. The topological polar surface area (TPSA) is 24.1 Å². The molecule has 2 N–H and O–H groups in total. The summed E-state index contributed by atoms with van der Waals surface area (Å²) in [5, 5.41) is 6.86. The average molecular weight is 216 g/mol. The molecule has 86 valence electrons. The predicted octanol–water partition coefficient (Wildman–Crippen LogP) is 1.91. The second-order valence-corrected chi connectivity index (χ2v) is 4.31. The van der Waals surface area contributed by atoms with Gasteiger partial charge in [0.15, 0.2) is 0 Å². The van der Waals surface area contributed by atoms with Gasteiger partial charge in [0, 0.05) is 31.6 Å². The lowest BCUT2D eigenvalue weighted by atomic mass is 10.1. The summed E-state index contributed by atoms with van der Waals surface area (Å²) in [6, 6.07) is 11.5. The molecule has 0 amide bonds. The summed E-state index contributed by atoms with van der Waals surface area (Å²) in [7, 11) is 0. The highest BCUT2D eigenvalue weighted by atomic mass is 15.0. The largest absolute Gasteiger partial charge is 0.312 e. The fourth-order valence-electron chi connectivity index (χ4n) is 2.04. The van der Waals surface area contributed by atoms with E-state index in [4.69, 9.17) is 0 Å². The van der Waals surface area contributed by atoms with Crippen molar-refractivity contribution in [2.75, 3.05) is 19.6 Å². The van der Waals surface area contributed by atoms with Crippen molar-refractivity contribution in [3.63, 3.8) is 0 Å². The minimum atomic E-state index is 0.688. The molecule has 2 heteroatoms. The fourth-order valence-corrected chi connectivity index (χ4v) is 2.04. The van der Waals surface area contributed by atoms with E-state index in [-0.39, 0.29) is 0 Å². The van der Waals surface area contributed by atoms with Crippen molar-refractivity contribution in [3.8, 4) is 0 Å². The summed E-state index contributed by atoms with van der Waals surface area (Å²) >= 11 is 0. The van der Waals surface area contributed by atoms with Crippen LogP contribution in [0.5, 0.6) is 0 Å². The van der Waals surface area contributed by atoms with Crippen LogP contribution < -0.4 is 10.6 Å². The van der Waals surface area contributed by atoms with Crippen molar-refractivity contribution in [2.45, 2.75) is 18.4 Å². The number of benzene rings is 1. The number of hydrogen-bond acceptors (Lipinski definition) is 2. The van der Waals surface area contributed by atoms with Crippen molar-refractivity contribution in [1.82, 2.24) is 10.6 Å². The molecule has 0 saturated heterocycles. The Morgan fingerprint density at radius 3 is 2.81 bits per heavy atom. The van der Waals surface area contributed by atoms with Gasteiger partial charge in [-0.25, -0.2) is 0 Å². The van der Waals surface area contributed by atoms with Gasteiger partial charge in [0.1, 0.15) is 0 Å². The first-order valence-electron chi connectivity index (χ1n) is 6.02. The van der Waals surface area contributed by atoms with E-state index in [1.54, 1.807) is 0 Å². The van der Waals surface area contributed by atoms with E-state index >= 15 is 0 Å². The van der Waals surface area contributed by atoms with Crippen LogP contribution in [-0.4, -0.2) is 25.7 Å². The second kappa shape index (κ2) is 5.83. The van der Waals surface area contributed by atoms with Crippen LogP contribution in [0.15, 0.2) is 43.0 Å². The third-order valence-electron chi connectivity index (χ3n) is 3.02. The standard InChI is InChI=1S/C14H20N2/c1-2-8-15-9-10-16-14-11-13(14)12-6-4-3-5-7-12/h2-7,13-16H,1,8-11H2. The Balaban J connectivity index is 1.63. The van der Waals surface area contributed by atoms with Crippen LogP contribution in [0.3, 0.4) is 0 Å². The molecular weight excluding hydrogens is 196 g/mol. The van der Waals surface area contributed by atoms with Crippen LogP contribution in [-0.2, 0) is 0 Å². The Morgan fingerprint density at radius 2 is 2.06 bits per heavy atom. The first-order chi connectivity index (χ1) is 7.92. The van der Waals surface area contributed by atoms with Gasteiger partial charge in [-0.3, -0.25) is 0 Å². The van der Waals surface area contributed by atoms with E-state index in [9.17, 15) is 0 Å². The van der Waals surface area contributed by atoms with E-state index in [1.165, 1.54) is 12.0 Å². The molecule has 1 aliphatic carbocycles. The first-order valence-corrected chi connectivity index (χ1v) is 6.02. The molecule has 1 aliphatic rings. The summed E-state index contributed by atoms with van der Waals surface area (Å²) < 4.78 is 0. The maximum absolute atomic E-state index is 3.67. The third kappa shape index (κ3) is 3.19. The van der Waals surface area contributed by atoms with Crippen molar-refractivity contribution in [2.24, 2.45) is 0 Å². The molecule has 1 aromatic carbocycles. The van der Waals surface area contributed by atoms with Gasteiger partial charge in [0.25, 0.3) is 0 Å². The molecule has 16 heavy (non-hydrogen) atoms. The molecular formula is C14H20N2. The zero-order valence-corrected chi connectivity index (χ0v) is 9.65. The molecule has 2 nitrogen and oxygen atoms in total. The highest BCUT2D eigenvalue weighted by Crippen LogP contribution is 2.40. The van der Waals surface area contributed by atoms with Crippen LogP contribution in [0.4, 0.5) is 0 Å². The molecule has 1 fully saturated rings. The minimum absolute atomic E-state index is 0.688. The normalized spacial score (nSPS) is 23.0. The number of nitrogens with one attached hydrogen (secondary N) is 2. The van der Waals surface area contributed by atoms with E-state index in [2.05, 4.69) is 47.5 Å². The summed E-state index contributed by atoms with van der Waals surface area (Å²) in [6.07, 6.45) is 3.18. The van der Waals surface area contributed by atoms with E-state index < -0.39 is 0 Å². The molecule has 2 unspecified atom stereocenters. The molecule has 0 aromatic heterocycles. The van der Waals surface area contributed by atoms with Gasteiger partial charge < -0.3 is 10.6 Å². The van der Waals surface area contributed by atoms with Crippen LogP contribution in [0.2, 0.25) is 0 Å². The van der Waals surface area contributed by atoms with Crippen molar-refractivity contribution >= 4 is 0 Å². The predicted molar refractivity (Wildman–Crippen MR) is 68.7 cm³/mol. The molecule has 0 aliphatic heterocycles. The quantitative estimate of drug-likeness (QED) is 0.537. The maximum atomic E-state index is 3.67. The zero-order valence-electron chi connectivity index (χ0n) is 9.65. The minimum Gasteiger partial charge on any atom is -0.312 e. The number of rotatable bonds is 7. The maximum Gasteiger partial charge on any atom is 0.0143 e. The van der Waals surface area contributed by atoms with E-state index in [1.807, 2.05) is 6.08 Å². The molecule has 2 atom stereocenters. The van der Waals surface area contributed by atoms with Crippen LogP contribution in [0.25, 0.3) is 0 Å². The fraction of sp³-hybridized carbons (Fsp3) is 0.429. The average Bonchev–Trinajstić information content (AvgIpc) is 3.10. The van der Waals surface area contributed by atoms with E-state index in [0.717, 1.165) is 25.6 Å². The molecule has 1 aromatic rings. The van der Waals surface area contributed by atoms with Gasteiger partial charge in [0.05, 0.1) is 0 Å². The van der Waals surface area contributed by atoms with Crippen LogP contribution in [0.1, 0.15) is 17.9 Å². The van der Waals surface area contributed by atoms with Crippen molar-refractivity contribution in [3.05, 3.63) is 48.6 Å². The van der Waals surface area contributed by atoms with Gasteiger partial charge in [-0.15, -0.1) is 6.58 Å². The first kappa shape index (κ1) is 11.4. The molecule has 1 saturated carbocycles. The molecule has 0 radical (unpaired) electrons. The van der Waals surface area contributed by atoms with Gasteiger partial charge in [-0.05, 0) is 12.0 Å². The summed E-state index contributed by atoms with van der Waals surface area (Å²) in [4.78, 5) is 0. The molecule has 0 heterocycles. The smallest absolute Gasteiger partial charge is 0.0143 e. The monoisotopic (exact) mass is 216 g/mol. The van der Waals surface area contributed by atoms with Crippen LogP contribution >= 0.6 is 0 Å². The lowest BCUT2D eigenvalue weighted by Gasteiger charge is -2.04. The SMILES string of the molecule is C=CCNCCNC1CC1c1ccccc1. The van der Waals surface area contributed by atoms with Gasteiger partial charge >= 0.3 is 0 Å². The van der Waals surface area contributed by atoms with Gasteiger partial charge in [0.2, 0.25) is 0 Å². The Morgan fingerprint density at radius 1 is 1.25 bits per heavy atom. The Kier molecular flexibility index (Phi) is 4.14. The molecule has 2 rings (SSSR count). The highest BCUT2D eigenvalue weighted by molar-refractivity contribution is 5.27. The van der Waals surface area contributed by atoms with Crippen LogP contribution in [0, 0.1) is 0 Å². The van der Waals surface area contributed by atoms with Gasteiger partial charge in [-0.2, -0.15) is 0 Å². The molecule has 0 bridgehead atoms. The second-order valence-electron chi connectivity index (χ2n) is 4.31. The Bertz CT molecular complexity index is 321. The third-order valence-corrected chi connectivity index (χ3v) is 3.02. The zero-order chi connectivity index (χ0) is 11.2. The summed E-state index contributed by atoms with van der Waals surface area (Å²) in [5.41, 5.74) is 1.47. The lowest BCUT2D eigenvalue weighted by molar-refractivity contribution is 0.624. The Hall–Kier alpha value is -1.12. The van der Waals surface area contributed by atoms with Crippen molar-refractivity contribution < 1.29 is 0 Å². The summed E-state index contributed by atoms with van der Waals surface area (Å²) in [6.45, 7) is 6.63. The number of hydrogen-bond donors (Lipinski definition) is 2. The van der Waals surface area contributed by atoms with Gasteiger partial charge in [-0.1, -0.05) is 36.4 Å². The van der Waals surface area contributed by atoms with E-state index in [0.29, 0.717) is 6.04 Å². The van der Waals surface area contributed by atoms with Crippen molar-refractivity contribution in [1.29, 1.82) is 0 Å². The lowest BCUT2D eigenvalue weighted by Crippen LogP contribution is -2.29.